The van der Waals surface area contributed by atoms with Gasteiger partial charge >= 0.3 is 0 Å². The molecule has 4 heteroatoms. The molecule has 2 heterocycles. The Balaban J connectivity index is 2.21. The van der Waals surface area contributed by atoms with Crippen molar-refractivity contribution in [1.29, 1.82) is 0 Å². The first kappa shape index (κ1) is 9.52. The van der Waals surface area contributed by atoms with Crippen molar-refractivity contribution in [1.82, 2.24) is 15.3 Å². The maximum Gasteiger partial charge on any atom is 0.140 e. The van der Waals surface area contributed by atoms with E-state index in [1.165, 1.54) is 6.33 Å². The molecule has 1 aromatic heterocycles. The number of hydrogen-bond acceptors (Lipinski definition) is 3. The minimum atomic E-state index is -1.23. The number of aromatic nitrogens is 2. The second-order valence-electron chi connectivity index (χ2n) is 3.70. The molecular formula is C10H14FN3. The van der Waals surface area contributed by atoms with Crippen LogP contribution < -0.4 is 5.32 Å². The second kappa shape index (κ2) is 4.00. The number of halogens is 1. The quantitative estimate of drug-likeness (QED) is 0.736. The van der Waals surface area contributed by atoms with Gasteiger partial charge in [0.1, 0.15) is 12.0 Å². The van der Waals surface area contributed by atoms with Gasteiger partial charge in [-0.1, -0.05) is 0 Å². The summed E-state index contributed by atoms with van der Waals surface area (Å²) in [6, 6.07) is 0. The van der Waals surface area contributed by atoms with Crippen LogP contribution in [0.3, 0.4) is 0 Å². The molecule has 0 spiro atoms. The Bertz CT molecular complexity index is 281. The van der Waals surface area contributed by atoms with Crippen LogP contribution in [0.4, 0.5) is 4.39 Å². The van der Waals surface area contributed by atoms with Crippen molar-refractivity contribution in [3.63, 3.8) is 0 Å². The minimum Gasteiger partial charge on any atom is -0.317 e. The zero-order valence-electron chi connectivity index (χ0n) is 8.04. The molecule has 76 valence electrons. The van der Waals surface area contributed by atoms with Gasteiger partial charge in [-0.2, -0.15) is 0 Å². The van der Waals surface area contributed by atoms with E-state index in [1.807, 2.05) is 0 Å². The number of nitrogens with zero attached hydrogens (tertiary/aromatic N) is 2. The molecular weight excluding hydrogens is 181 g/mol. The lowest BCUT2D eigenvalue weighted by molar-refractivity contribution is 0.144. The van der Waals surface area contributed by atoms with Gasteiger partial charge in [0.2, 0.25) is 0 Å². The Morgan fingerprint density at radius 3 is 2.79 bits per heavy atom. The van der Waals surface area contributed by atoms with Crippen molar-refractivity contribution in [3.8, 4) is 0 Å². The van der Waals surface area contributed by atoms with E-state index >= 15 is 0 Å². The molecule has 1 aromatic rings. The van der Waals surface area contributed by atoms with Gasteiger partial charge < -0.3 is 5.32 Å². The molecule has 14 heavy (non-hydrogen) atoms. The summed E-state index contributed by atoms with van der Waals surface area (Å²) in [7, 11) is 0. The van der Waals surface area contributed by atoms with Crippen molar-refractivity contribution in [2.45, 2.75) is 24.9 Å². The summed E-state index contributed by atoms with van der Waals surface area (Å²) in [5.74, 6) is 0. The number of alkyl halides is 1. The highest BCUT2D eigenvalue weighted by molar-refractivity contribution is 5.14. The van der Waals surface area contributed by atoms with Crippen LogP contribution in [0.1, 0.15) is 24.8 Å². The summed E-state index contributed by atoms with van der Waals surface area (Å²) in [4.78, 5) is 7.73. The topological polar surface area (TPSA) is 37.8 Å². The fraction of sp³-hybridized carbons (Fsp3) is 0.600. The lowest BCUT2D eigenvalue weighted by atomic mass is 9.91. The van der Waals surface area contributed by atoms with E-state index in [2.05, 4.69) is 15.3 Å². The molecule has 1 aliphatic heterocycles. The van der Waals surface area contributed by atoms with E-state index in [1.54, 1.807) is 12.4 Å². The maximum absolute atomic E-state index is 14.4. The molecule has 0 aliphatic carbocycles. The molecule has 1 fully saturated rings. The Hall–Kier alpha value is -1.03. The summed E-state index contributed by atoms with van der Waals surface area (Å²) in [6.07, 6.45) is 6.54. The fourth-order valence-electron chi connectivity index (χ4n) is 1.85. The van der Waals surface area contributed by atoms with Gasteiger partial charge in [-0.25, -0.2) is 14.4 Å². The summed E-state index contributed by atoms with van der Waals surface area (Å²) in [5.41, 5.74) is -0.617. The average Bonchev–Trinajstić information content (AvgIpc) is 2.46. The van der Waals surface area contributed by atoms with Crippen LogP contribution in [-0.4, -0.2) is 23.1 Å². The summed E-state index contributed by atoms with van der Waals surface area (Å²) in [6.45, 7) is 1.63. The molecule has 1 saturated heterocycles. The van der Waals surface area contributed by atoms with Gasteiger partial charge in [0.25, 0.3) is 0 Å². The van der Waals surface area contributed by atoms with E-state index in [0.29, 0.717) is 18.4 Å². The van der Waals surface area contributed by atoms with Gasteiger partial charge in [0.15, 0.2) is 0 Å². The van der Waals surface area contributed by atoms with Crippen LogP contribution in [0.25, 0.3) is 0 Å². The Labute approximate surface area is 82.8 Å². The highest BCUT2D eigenvalue weighted by Gasteiger charge is 2.32. The van der Waals surface area contributed by atoms with Gasteiger partial charge in [-0.3, -0.25) is 0 Å². The predicted octanol–water partition coefficient (Wildman–Crippen LogP) is 1.41. The van der Waals surface area contributed by atoms with Crippen LogP contribution in [0.15, 0.2) is 18.7 Å². The third-order valence-corrected chi connectivity index (χ3v) is 2.70. The summed E-state index contributed by atoms with van der Waals surface area (Å²) in [5, 5.41) is 3.19. The molecule has 0 aromatic carbocycles. The molecule has 1 atom stereocenters. The smallest absolute Gasteiger partial charge is 0.140 e. The molecule has 0 radical (unpaired) electrons. The van der Waals surface area contributed by atoms with Gasteiger partial charge in [0.05, 0.1) is 0 Å². The predicted molar refractivity (Wildman–Crippen MR) is 51.5 cm³/mol. The lowest BCUT2D eigenvalue weighted by Gasteiger charge is -2.22. The Morgan fingerprint density at radius 2 is 2.00 bits per heavy atom. The van der Waals surface area contributed by atoms with Crippen LogP contribution in [-0.2, 0) is 5.67 Å². The Morgan fingerprint density at radius 1 is 1.21 bits per heavy atom. The molecule has 0 saturated carbocycles. The molecule has 0 bridgehead atoms. The molecule has 1 aliphatic rings. The third-order valence-electron chi connectivity index (χ3n) is 2.70. The van der Waals surface area contributed by atoms with Crippen molar-refractivity contribution in [2.24, 2.45) is 0 Å². The first-order chi connectivity index (χ1) is 6.81. The van der Waals surface area contributed by atoms with Gasteiger partial charge in [0, 0.05) is 18.0 Å². The van der Waals surface area contributed by atoms with Crippen LogP contribution in [0.2, 0.25) is 0 Å². The molecule has 0 amide bonds. The molecule has 1 N–H and O–H groups in total. The monoisotopic (exact) mass is 195 g/mol. The van der Waals surface area contributed by atoms with Gasteiger partial charge in [-0.15, -0.1) is 0 Å². The molecule has 1 unspecified atom stereocenters. The summed E-state index contributed by atoms with van der Waals surface area (Å²) >= 11 is 0. The zero-order valence-corrected chi connectivity index (χ0v) is 8.04. The van der Waals surface area contributed by atoms with E-state index in [0.717, 1.165) is 19.5 Å². The zero-order chi connectivity index (χ0) is 9.86. The highest BCUT2D eigenvalue weighted by Crippen LogP contribution is 2.34. The number of hydrogen-bond donors (Lipinski definition) is 1. The second-order valence-corrected chi connectivity index (χ2v) is 3.70. The van der Waals surface area contributed by atoms with Gasteiger partial charge in [-0.05, 0) is 32.4 Å². The minimum absolute atomic E-state index is 0.514. The van der Waals surface area contributed by atoms with Crippen LogP contribution >= 0.6 is 0 Å². The van der Waals surface area contributed by atoms with E-state index < -0.39 is 5.67 Å². The van der Waals surface area contributed by atoms with E-state index in [4.69, 9.17) is 0 Å². The molecule has 2 rings (SSSR count). The standard InChI is InChI=1S/C10H14FN3/c11-10(2-1-4-12-5-3-10)9-6-13-8-14-7-9/h6-8,12H,1-5H2. The van der Waals surface area contributed by atoms with Crippen molar-refractivity contribution >= 4 is 0 Å². The first-order valence-corrected chi connectivity index (χ1v) is 4.96. The Kier molecular flexibility index (Phi) is 2.72. The van der Waals surface area contributed by atoms with Crippen LogP contribution in [0.5, 0.6) is 0 Å². The molecule has 3 nitrogen and oxygen atoms in total. The highest BCUT2D eigenvalue weighted by atomic mass is 19.1. The van der Waals surface area contributed by atoms with E-state index in [9.17, 15) is 4.39 Å². The SMILES string of the molecule is FC1(c2cncnc2)CCCNCC1. The normalized spacial score (nSPS) is 28.4. The number of nitrogens with one attached hydrogen (secondary N) is 1. The van der Waals surface area contributed by atoms with Crippen molar-refractivity contribution in [3.05, 3.63) is 24.3 Å². The largest absolute Gasteiger partial charge is 0.317 e. The summed E-state index contributed by atoms with van der Waals surface area (Å²) < 4.78 is 14.4. The number of rotatable bonds is 1. The van der Waals surface area contributed by atoms with Crippen molar-refractivity contribution in [2.75, 3.05) is 13.1 Å². The average molecular weight is 195 g/mol. The maximum atomic E-state index is 14.4. The lowest BCUT2D eigenvalue weighted by Crippen LogP contribution is -2.22. The van der Waals surface area contributed by atoms with Crippen LogP contribution in [0, 0.1) is 0 Å². The fourth-order valence-corrected chi connectivity index (χ4v) is 1.85. The third kappa shape index (κ3) is 1.90. The van der Waals surface area contributed by atoms with E-state index in [-0.39, 0.29) is 0 Å². The van der Waals surface area contributed by atoms with Crippen molar-refractivity contribution < 1.29 is 4.39 Å². The first-order valence-electron chi connectivity index (χ1n) is 4.96.